The van der Waals surface area contributed by atoms with Crippen LogP contribution in [0.5, 0.6) is 11.5 Å². The van der Waals surface area contributed by atoms with Gasteiger partial charge in [-0.25, -0.2) is 0 Å². The van der Waals surface area contributed by atoms with E-state index in [2.05, 4.69) is 10.6 Å². The summed E-state index contributed by atoms with van der Waals surface area (Å²) in [6, 6.07) is 4.78. The first kappa shape index (κ1) is 13.7. The van der Waals surface area contributed by atoms with E-state index < -0.39 is 0 Å². The van der Waals surface area contributed by atoms with Gasteiger partial charge in [0.25, 0.3) is 0 Å². The molecule has 0 saturated carbocycles. The Morgan fingerprint density at radius 3 is 3.11 bits per heavy atom. The zero-order valence-electron chi connectivity index (χ0n) is 11.1. The molecule has 19 heavy (non-hydrogen) atoms. The molecule has 0 aliphatic carbocycles. The zero-order valence-corrected chi connectivity index (χ0v) is 11.1. The quantitative estimate of drug-likeness (QED) is 0.724. The molecule has 1 aromatic carbocycles. The number of phenols is 1. The van der Waals surface area contributed by atoms with Gasteiger partial charge in [-0.1, -0.05) is 0 Å². The molecule has 1 saturated heterocycles. The SMILES string of the molecule is COc1ccc(O)c(NC(=O)CC2CCCNC2)c1. The van der Waals surface area contributed by atoms with Crippen molar-refractivity contribution in [2.45, 2.75) is 19.3 Å². The van der Waals surface area contributed by atoms with Crippen molar-refractivity contribution in [2.24, 2.45) is 5.92 Å². The van der Waals surface area contributed by atoms with Crippen LogP contribution in [0.3, 0.4) is 0 Å². The van der Waals surface area contributed by atoms with E-state index in [9.17, 15) is 9.90 Å². The second-order valence-electron chi connectivity index (χ2n) is 4.85. The lowest BCUT2D eigenvalue weighted by atomic mass is 9.96. The highest BCUT2D eigenvalue weighted by Crippen LogP contribution is 2.28. The molecule has 1 unspecified atom stereocenters. The number of piperidine rings is 1. The largest absolute Gasteiger partial charge is 0.506 e. The molecule has 1 fully saturated rings. The van der Waals surface area contributed by atoms with Gasteiger partial charge in [-0.15, -0.1) is 0 Å². The van der Waals surface area contributed by atoms with Crippen molar-refractivity contribution in [3.63, 3.8) is 0 Å². The smallest absolute Gasteiger partial charge is 0.224 e. The molecule has 5 nitrogen and oxygen atoms in total. The fourth-order valence-corrected chi connectivity index (χ4v) is 2.30. The third kappa shape index (κ3) is 3.86. The van der Waals surface area contributed by atoms with E-state index in [1.54, 1.807) is 19.2 Å². The summed E-state index contributed by atoms with van der Waals surface area (Å²) in [5.74, 6) is 0.960. The summed E-state index contributed by atoms with van der Waals surface area (Å²) in [6.07, 6.45) is 2.66. The standard InChI is InChI=1S/C14H20N2O3/c1-19-11-4-5-13(17)12(8-11)16-14(18)7-10-3-2-6-15-9-10/h4-5,8,10,15,17H,2-3,6-7,9H2,1H3,(H,16,18). The second kappa shape index (κ2) is 6.43. The molecule has 0 aromatic heterocycles. The van der Waals surface area contributed by atoms with Gasteiger partial charge in [-0.3, -0.25) is 4.79 Å². The number of ether oxygens (including phenoxy) is 1. The molecule has 1 aliphatic heterocycles. The van der Waals surface area contributed by atoms with Crippen LogP contribution in [-0.4, -0.2) is 31.2 Å². The zero-order chi connectivity index (χ0) is 13.7. The molecule has 2 rings (SSSR count). The molecule has 0 bridgehead atoms. The van der Waals surface area contributed by atoms with Crippen LogP contribution in [0, 0.1) is 5.92 Å². The number of nitrogens with one attached hydrogen (secondary N) is 2. The van der Waals surface area contributed by atoms with Crippen LogP contribution in [0.25, 0.3) is 0 Å². The molecule has 1 heterocycles. The maximum atomic E-state index is 11.9. The average molecular weight is 264 g/mol. The first-order valence-corrected chi connectivity index (χ1v) is 6.56. The van der Waals surface area contributed by atoms with Crippen LogP contribution < -0.4 is 15.4 Å². The lowest BCUT2D eigenvalue weighted by Gasteiger charge is -2.22. The van der Waals surface area contributed by atoms with E-state index in [1.807, 2.05) is 0 Å². The van der Waals surface area contributed by atoms with E-state index >= 15 is 0 Å². The number of amides is 1. The molecule has 5 heteroatoms. The molecule has 3 N–H and O–H groups in total. The molecular weight excluding hydrogens is 244 g/mol. The molecule has 0 spiro atoms. The molecular formula is C14H20N2O3. The Hall–Kier alpha value is -1.75. The van der Waals surface area contributed by atoms with E-state index in [4.69, 9.17) is 4.74 Å². The van der Waals surface area contributed by atoms with Crippen molar-refractivity contribution in [3.05, 3.63) is 18.2 Å². The van der Waals surface area contributed by atoms with Crippen molar-refractivity contribution >= 4 is 11.6 Å². The minimum atomic E-state index is -0.0720. The summed E-state index contributed by atoms with van der Waals surface area (Å²) >= 11 is 0. The van der Waals surface area contributed by atoms with Crippen molar-refractivity contribution in [2.75, 3.05) is 25.5 Å². The minimum absolute atomic E-state index is 0.0518. The summed E-state index contributed by atoms with van der Waals surface area (Å²) in [5, 5.41) is 15.7. The monoisotopic (exact) mass is 264 g/mol. The number of carbonyl (C=O) groups excluding carboxylic acids is 1. The summed E-state index contributed by atoms with van der Waals surface area (Å²) in [7, 11) is 1.55. The predicted molar refractivity (Wildman–Crippen MR) is 73.5 cm³/mol. The Kier molecular flexibility index (Phi) is 4.63. The van der Waals surface area contributed by atoms with Gasteiger partial charge in [0.05, 0.1) is 12.8 Å². The van der Waals surface area contributed by atoms with E-state index in [0.29, 0.717) is 23.8 Å². The van der Waals surface area contributed by atoms with Gasteiger partial charge in [0, 0.05) is 12.5 Å². The van der Waals surface area contributed by atoms with Gasteiger partial charge in [-0.2, -0.15) is 0 Å². The molecule has 1 atom stereocenters. The first-order valence-electron chi connectivity index (χ1n) is 6.56. The van der Waals surface area contributed by atoms with Gasteiger partial charge in [-0.05, 0) is 44.0 Å². The summed E-state index contributed by atoms with van der Waals surface area (Å²) < 4.78 is 5.07. The molecule has 104 valence electrons. The van der Waals surface area contributed by atoms with Crippen molar-refractivity contribution in [3.8, 4) is 11.5 Å². The average Bonchev–Trinajstić information content (AvgIpc) is 2.42. The number of rotatable bonds is 4. The predicted octanol–water partition coefficient (Wildman–Crippen LogP) is 1.73. The Morgan fingerprint density at radius 2 is 2.42 bits per heavy atom. The van der Waals surface area contributed by atoms with Crippen LogP contribution in [0.2, 0.25) is 0 Å². The molecule has 1 amide bonds. The fraction of sp³-hybridized carbons (Fsp3) is 0.500. The maximum Gasteiger partial charge on any atom is 0.224 e. The number of hydrogen-bond donors (Lipinski definition) is 3. The third-order valence-electron chi connectivity index (χ3n) is 3.35. The number of anilines is 1. The Labute approximate surface area is 113 Å². The van der Waals surface area contributed by atoms with Crippen LogP contribution in [0.15, 0.2) is 18.2 Å². The van der Waals surface area contributed by atoms with Gasteiger partial charge in [0.1, 0.15) is 11.5 Å². The van der Waals surface area contributed by atoms with E-state index in [0.717, 1.165) is 25.9 Å². The van der Waals surface area contributed by atoms with Crippen LogP contribution >= 0.6 is 0 Å². The molecule has 1 aromatic rings. The highest BCUT2D eigenvalue weighted by molar-refractivity contribution is 5.92. The van der Waals surface area contributed by atoms with Gasteiger partial charge in [0.15, 0.2) is 0 Å². The summed E-state index contributed by atoms with van der Waals surface area (Å²) in [5.41, 5.74) is 0.396. The lowest BCUT2D eigenvalue weighted by Crippen LogP contribution is -2.32. The molecule has 0 radical (unpaired) electrons. The van der Waals surface area contributed by atoms with Crippen molar-refractivity contribution in [1.29, 1.82) is 0 Å². The lowest BCUT2D eigenvalue weighted by molar-refractivity contribution is -0.117. The van der Waals surface area contributed by atoms with Crippen molar-refractivity contribution in [1.82, 2.24) is 5.32 Å². The van der Waals surface area contributed by atoms with Crippen LogP contribution in [-0.2, 0) is 4.79 Å². The Bertz CT molecular complexity index is 442. The van der Waals surface area contributed by atoms with Gasteiger partial charge >= 0.3 is 0 Å². The fourth-order valence-electron chi connectivity index (χ4n) is 2.30. The number of hydrogen-bond acceptors (Lipinski definition) is 4. The molecule has 1 aliphatic rings. The van der Waals surface area contributed by atoms with Gasteiger partial charge in [0.2, 0.25) is 5.91 Å². The number of benzene rings is 1. The topological polar surface area (TPSA) is 70.6 Å². The Morgan fingerprint density at radius 1 is 1.58 bits per heavy atom. The Balaban J connectivity index is 1.94. The van der Waals surface area contributed by atoms with Crippen LogP contribution in [0.1, 0.15) is 19.3 Å². The summed E-state index contributed by atoms with van der Waals surface area (Å²) in [4.78, 5) is 11.9. The number of methoxy groups -OCH3 is 1. The van der Waals surface area contributed by atoms with Crippen LogP contribution in [0.4, 0.5) is 5.69 Å². The second-order valence-corrected chi connectivity index (χ2v) is 4.85. The van der Waals surface area contributed by atoms with Gasteiger partial charge < -0.3 is 20.5 Å². The van der Waals surface area contributed by atoms with E-state index in [1.165, 1.54) is 6.07 Å². The number of aromatic hydroxyl groups is 1. The number of carbonyl (C=O) groups is 1. The maximum absolute atomic E-state index is 11.9. The highest BCUT2D eigenvalue weighted by atomic mass is 16.5. The third-order valence-corrected chi connectivity index (χ3v) is 3.35. The number of phenolic OH excluding ortho intramolecular Hbond substituents is 1. The van der Waals surface area contributed by atoms with Crippen molar-refractivity contribution < 1.29 is 14.6 Å². The minimum Gasteiger partial charge on any atom is -0.506 e. The highest BCUT2D eigenvalue weighted by Gasteiger charge is 2.17. The first-order chi connectivity index (χ1) is 9.19. The summed E-state index contributed by atoms with van der Waals surface area (Å²) in [6.45, 7) is 1.92. The normalized spacial score (nSPS) is 18.9. The van der Waals surface area contributed by atoms with E-state index in [-0.39, 0.29) is 11.7 Å².